The van der Waals surface area contributed by atoms with Crippen molar-refractivity contribution < 1.29 is 4.79 Å². The quantitative estimate of drug-likeness (QED) is 0.609. The molecule has 1 aliphatic carbocycles. The molecule has 9 heavy (non-hydrogen) atoms. The summed E-state index contributed by atoms with van der Waals surface area (Å²) in [6.07, 6.45) is 6.08. The minimum atomic E-state index is 0.488. The minimum absolute atomic E-state index is 0.488. The molecule has 0 aliphatic heterocycles. The zero-order valence-corrected chi connectivity index (χ0v) is 6.73. The number of rotatable bonds is 2. The molecule has 0 spiro atoms. The van der Waals surface area contributed by atoms with E-state index < -0.39 is 0 Å². The van der Waals surface area contributed by atoms with Crippen LogP contribution in [0.15, 0.2) is 10.6 Å². The molecule has 0 amide bonds. The number of carbonyl (C=O) groups is 1. The van der Waals surface area contributed by atoms with E-state index in [-0.39, 0.29) is 0 Å². The fraction of sp³-hybridized carbons (Fsp3) is 0.571. The van der Waals surface area contributed by atoms with E-state index in [2.05, 4.69) is 22.0 Å². The molecular formula is C7H9BrO. The molecule has 0 bridgehead atoms. The van der Waals surface area contributed by atoms with Crippen LogP contribution in [-0.2, 0) is 4.79 Å². The lowest BCUT2D eigenvalue weighted by Gasteiger charge is -2.02. The molecule has 0 radical (unpaired) electrons. The number of hydrogen-bond donors (Lipinski definition) is 0. The van der Waals surface area contributed by atoms with Gasteiger partial charge in [0.15, 0.2) is 0 Å². The molecule has 1 atom stereocenters. The third-order valence-corrected chi connectivity index (χ3v) is 2.60. The molecule has 0 heterocycles. The lowest BCUT2D eigenvalue weighted by atomic mass is 10.1. The maximum absolute atomic E-state index is 10.1. The predicted octanol–water partition coefficient (Wildman–Crippen LogP) is 2.26. The fourth-order valence-electron chi connectivity index (χ4n) is 1.07. The Morgan fingerprint density at radius 1 is 1.89 bits per heavy atom. The highest BCUT2D eigenvalue weighted by Crippen LogP contribution is 2.31. The Kier molecular flexibility index (Phi) is 2.46. The van der Waals surface area contributed by atoms with E-state index in [9.17, 15) is 4.79 Å². The summed E-state index contributed by atoms with van der Waals surface area (Å²) in [5, 5.41) is 0. The first kappa shape index (κ1) is 7.00. The zero-order valence-electron chi connectivity index (χ0n) is 5.14. The van der Waals surface area contributed by atoms with Crippen LogP contribution in [0, 0.1) is 5.92 Å². The molecule has 0 saturated carbocycles. The molecule has 50 valence electrons. The van der Waals surface area contributed by atoms with Crippen molar-refractivity contribution in [2.75, 3.05) is 0 Å². The van der Waals surface area contributed by atoms with Crippen LogP contribution in [0.2, 0.25) is 0 Å². The molecule has 1 nitrogen and oxygen atoms in total. The average Bonchev–Trinajstić information content (AvgIpc) is 2.18. The summed E-state index contributed by atoms with van der Waals surface area (Å²) in [7, 11) is 0. The van der Waals surface area contributed by atoms with Gasteiger partial charge in [0, 0.05) is 6.42 Å². The first-order valence-corrected chi connectivity index (χ1v) is 3.93. The van der Waals surface area contributed by atoms with Crippen molar-refractivity contribution in [2.45, 2.75) is 19.3 Å². The van der Waals surface area contributed by atoms with Gasteiger partial charge in [-0.15, -0.1) is 0 Å². The maximum Gasteiger partial charge on any atom is 0.120 e. The van der Waals surface area contributed by atoms with Gasteiger partial charge in [-0.2, -0.15) is 0 Å². The van der Waals surface area contributed by atoms with Crippen molar-refractivity contribution in [1.82, 2.24) is 0 Å². The van der Waals surface area contributed by atoms with Crippen molar-refractivity contribution in [3.63, 3.8) is 0 Å². The zero-order chi connectivity index (χ0) is 6.69. The van der Waals surface area contributed by atoms with Crippen molar-refractivity contribution in [2.24, 2.45) is 5.92 Å². The molecular weight excluding hydrogens is 180 g/mol. The van der Waals surface area contributed by atoms with Gasteiger partial charge in [-0.25, -0.2) is 0 Å². The molecule has 0 N–H and O–H groups in total. The molecule has 0 unspecified atom stereocenters. The third kappa shape index (κ3) is 1.65. The summed E-state index contributed by atoms with van der Waals surface area (Å²) in [5.41, 5.74) is 0. The standard InChI is InChI=1S/C7H9BrO/c8-7-3-1-2-6(7)4-5-9/h3,5-6H,1-2,4H2/t6-/m0/s1. The van der Waals surface area contributed by atoms with Gasteiger partial charge in [0.1, 0.15) is 6.29 Å². The normalized spacial score (nSPS) is 25.9. The van der Waals surface area contributed by atoms with Crippen LogP contribution < -0.4 is 0 Å². The lowest BCUT2D eigenvalue weighted by molar-refractivity contribution is -0.108. The van der Waals surface area contributed by atoms with Crippen LogP contribution >= 0.6 is 15.9 Å². The van der Waals surface area contributed by atoms with Gasteiger partial charge < -0.3 is 4.79 Å². The Hall–Kier alpha value is -0.110. The molecule has 1 aliphatic rings. The van der Waals surface area contributed by atoms with Crippen molar-refractivity contribution in [3.05, 3.63) is 10.6 Å². The highest BCUT2D eigenvalue weighted by atomic mass is 79.9. The smallest absolute Gasteiger partial charge is 0.120 e. The number of carbonyl (C=O) groups excluding carboxylic acids is 1. The van der Waals surface area contributed by atoms with Gasteiger partial charge in [-0.1, -0.05) is 22.0 Å². The lowest BCUT2D eigenvalue weighted by Crippen LogP contribution is -1.94. The Bertz CT molecular complexity index is 140. The minimum Gasteiger partial charge on any atom is -0.303 e. The molecule has 2 heteroatoms. The fourth-order valence-corrected chi connectivity index (χ4v) is 1.72. The topological polar surface area (TPSA) is 17.1 Å². The highest BCUT2D eigenvalue weighted by Gasteiger charge is 2.15. The summed E-state index contributed by atoms with van der Waals surface area (Å²) in [5.74, 6) is 0.488. The van der Waals surface area contributed by atoms with Crippen molar-refractivity contribution in [1.29, 1.82) is 0 Å². The second-order valence-electron chi connectivity index (χ2n) is 2.27. The molecule has 0 aromatic rings. The van der Waals surface area contributed by atoms with Gasteiger partial charge in [0.05, 0.1) is 0 Å². The van der Waals surface area contributed by atoms with Crippen LogP contribution in [0.25, 0.3) is 0 Å². The van der Waals surface area contributed by atoms with Crippen molar-refractivity contribution in [3.8, 4) is 0 Å². The van der Waals surface area contributed by atoms with Crippen LogP contribution in [0.4, 0.5) is 0 Å². The molecule has 1 rings (SSSR count). The van der Waals surface area contributed by atoms with Crippen LogP contribution in [0.1, 0.15) is 19.3 Å². The highest BCUT2D eigenvalue weighted by molar-refractivity contribution is 9.11. The van der Waals surface area contributed by atoms with Crippen LogP contribution in [0.5, 0.6) is 0 Å². The van der Waals surface area contributed by atoms with E-state index in [1.165, 1.54) is 4.48 Å². The van der Waals surface area contributed by atoms with E-state index in [1.807, 2.05) is 0 Å². The van der Waals surface area contributed by atoms with Crippen LogP contribution in [0.3, 0.4) is 0 Å². The van der Waals surface area contributed by atoms with E-state index in [4.69, 9.17) is 0 Å². The molecule has 0 saturated heterocycles. The largest absolute Gasteiger partial charge is 0.303 e. The van der Waals surface area contributed by atoms with Gasteiger partial charge in [-0.05, 0) is 23.2 Å². The summed E-state index contributed by atoms with van der Waals surface area (Å²) in [6, 6.07) is 0. The Morgan fingerprint density at radius 2 is 2.67 bits per heavy atom. The van der Waals surface area contributed by atoms with Gasteiger partial charge in [0.2, 0.25) is 0 Å². The van der Waals surface area contributed by atoms with Gasteiger partial charge in [0.25, 0.3) is 0 Å². The predicted molar refractivity (Wildman–Crippen MR) is 40.4 cm³/mol. The molecule has 0 aromatic carbocycles. The molecule has 0 fully saturated rings. The Balaban J connectivity index is 2.42. The Labute approximate surface area is 63.3 Å². The summed E-state index contributed by atoms with van der Waals surface area (Å²) in [6.45, 7) is 0. The third-order valence-electron chi connectivity index (χ3n) is 1.63. The van der Waals surface area contributed by atoms with Gasteiger partial charge >= 0.3 is 0 Å². The second-order valence-corrected chi connectivity index (χ2v) is 3.18. The first-order valence-electron chi connectivity index (χ1n) is 3.14. The van der Waals surface area contributed by atoms with E-state index in [0.717, 1.165) is 19.1 Å². The summed E-state index contributed by atoms with van der Waals surface area (Å²) in [4.78, 5) is 10.1. The number of halogens is 1. The Morgan fingerprint density at radius 3 is 3.11 bits per heavy atom. The average molecular weight is 189 g/mol. The molecule has 0 aromatic heterocycles. The SMILES string of the molecule is O=CC[C@@H]1CCC=C1Br. The van der Waals surface area contributed by atoms with Crippen LogP contribution in [-0.4, -0.2) is 6.29 Å². The summed E-state index contributed by atoms with van der Waals surface area (Å²) >= 11 is 3.41. The van der Waals surface area contributed by atoms with E-state index >= 15 is 0 Å². The first-order chi connectivity index (χ1) is 4.34. The number of hydrogen-bond acceptors (Lipinski definition) is 1. The summed E-state index contributed by atoms with van der Waals surface area (Å²) < 4.78 is 1.22. The monoisotopic (exact) mass is 188 g/mol. The van der Waals surface area contributed by atoms with E-state index in [0.29, 0.717) is 12.3 Å². The van der Waals surface area contributed by atoms with E-state index in [1.54, 1.807) is 0 Å². The van der Waals surface area contributed by atoms with Crippen molar-refractivity contribution >= 4 is 22.2 Å². The van der Waals surface area contributed by atoms with Gasteiger partial charge in [-0.3, -0.25) is 0 Å². The maximum atomic E-state index is 10.1. The number of allylic oxidation sites excluding steroid dienone is 2. The number of aldehydes is 1. The second kappa shape index (κ2) is 3.16.